The summed E-state index contributed by atoms with van der Waals surface area (Å²) in [5.41, 5.74) is 4.46. The smallest absolute Gasteiger partial charge is 0.323 e. The lowest BCUT2D eigenvalue weighted by molar-refractivity contribution is -0.141. The van der Waals surface area contributed by atoms with Crippen LogP contribution in [0.2, 0.25) is 0 Å². The third-order valence-corrected chi connectivity index (χ3v) is 6.81. The van der Waals surface area contributed by atoms with Crippen molar-refractivity contribution in [2.24, 2.45) is 0 Å². The number of nitrogens with one attached hydrogen (secondary N) is 4. The second-order valence-electron chi connectivity index (χ2n) is 9.95. The molecule has 0 saturated carbocycles. The Morgan fingerprint density at radius 2 is 1.43 bits per heavy atom. The van der Waals surface area contributed by atoms with Gasteiger partial charge in [0, 0.05) is 16.9 Å². The maximum Gasteiger partial charge on any atom is 0.323 e. The molecule has 1 atom stereocenters. The highest BCUT2D eigenvalue weighted by Crippen LogP contribution is 2.27. The van der Waals surface area contributed by atoms with Crippen molar-refractivity contribution in [3.8, 4) is 5.75 Å². The summed E-state index contributed by atoms with van der Waals surface area (Å²) < 4.78 is 10.3. The van der Waals surface area contributed by atoms with Crippen molar-refractivity contribution in [1.82, 2.24) is 5.32 Å². The summed E-state index contributed by atoms with van der Waals surface area (Å²) in [5, 5.41) is 11.3. The minimum absolute atomic E-state index is 0.0545. The van der Waals surface area contributed by atoms with Gasteiger partial charge in [-0.1, -0.05) is 54.6 Å². The van der Waals surface area contributed by atoms with E-state index >= 15 is 0 Å². The zero-order valence-corrected chi connectivity index (χ0v) is 24.7. The second kappa shape index (κ2) is 15.0. The number of rotatable bonds is 11. The monoisotopic (exact) mass is 594 g/mol. The topological polar surface area (TPSA) is 135 Å². The first-order valence-electron chi connectivity index (χ1n) is 13.9. The molecule has 4 N–H and O–H groups in total. The van der Waals surface area contributed by atoms with Crippen molar-refractivity contribution >= 4 is 40.9 Å². The largest absolute Gasteiger partial charge is 0.495 e. The summed E-state index contributed by atoms with van der Waals surface area (Å²) in [4.78, 5) is 50.1. The van der Waals surface area contributed by atoms with Crippen LogP contribution in [-0.2, 0) is 20.7 Å². The van der Waals surface area contributed by atoms with E-state index in [-0.39, 0.29) is 24.7 Å². The number of esters is 1. The molecule has 0 heterocycles. The third kappa shape index (κ3) is 8.68. The average Bonchev–Trinajstić information content (AvgIpc) is 3.03. The maximum atomic E-state index is 12.8. The van der Waals surface area contributed by atoms with Gasteiger partial charge < -0.3 is 30.7 Å². The van der Waals surface area contributed by atoms with Crippen LogP contribution in [0, 0.1) is 6.92 Å². The Labute approximate surface area is 255 Å². The molecular weight excluding hydrogens is 560 g/mol. The molecule has 44 heavy (non-hydrogen) atoms. The molecule has 4 aromatic rings. The molecule has 0 aliphatic carbocycles. The minimum Gasteiger partial charge on any atom is -0.495 e. The van der Waals surface area contributed by atoms with Gasteiger partial charge in [0.15, 0.2) is 0 Å². The summed E-state index contributed by atoms with van der Waals surface area (Å²) >= 11 is 0. The molecule has 0 aromatic heterocycles. The molecule has 0 spiro atoms. The number of methoxy groups -OCH3 is 2. The number of hydrogen-bond acceptors (Lipinski definition) is 6. The fourth-order valence-corrected chi connectivity index (χ4v) is 4.46. The lowest BCUT2D eigenvalue weighted by atomic mass is 10.0. The normalized spacial score (nSPS) is 11.1. The van der Waals surface area contributed by atoms with Crippen LogP contribution in [0.5, 0.6) is 5.75 Å². The number of urea groups is 1. The van der Waals surface area contributed by atoms with Crippen LogP contribution in [0.1, 0.15) is 39.5 Å². The number of para-hydroxylation sites is 1. The van der Waals surface area contributed by atoms with Gasteiger partial charge >= 0.3 is 12.0 Å². The number of amides is 4. The highest BCUT2D eigenvalue weighted by atomic mass is 16.5. The number of benzene rings is 4. The number of ether oxygens (including phenoxy) is 2. The number of aryl methyl sites for hydroxylation is 1. The van der Waals surface area contributed by atoms with Crippen molar-refractivity contribution in [3.63, 3.8) is 0 Å². The molecule has 10 nitrogen and oxygen atoms in total. The summed E-state index contributed by atoms with van der Waals surface area (Å²) in [7, 11) is 2.78. The molecule has 4 rings (SSSR count). The van der Waals surface area contributed by atoms with Crippen LogP contribution >= 0.6 is 0 Å². The van der Waals surface area contributed by atoms with E-state index in [1.807, 2.05) is 37.3 Å². The summed E-state index contributed by atoms with van der Waals surface area (Å²) in [6.45, 7) is 1.90. The van der Waals surface area contributed by atoms with Crippen molar-refractivity contribution in [2.45, 2.75) is 25.8 Å². The fraction of sp³-hybridized carbons (Fsp3) is 0.176. The van der Waals surface area contributed by atoms with E-state index in [9.17, 15) is 19.2 Å². The van der Waals surface area contributed by atoms with Crippen LogP contribution in [0.25, 0.3) is 0 Å². The molecule has 0 bridgehead atoms. The van der Waals surface area contributed by atoms with E-state index in [1.54, 1.807) is 66.7 Å². The number of hydrogen-bond donors (Lipinski definition) is 4. The Bertz CT molecular complexity index is 1620. The molecule has 0 saturated heterocycles. The van der Waals surface area contributed by atoms with E-state index in [0.717, 1.165) is 5.56 Å². The Morgan fingerprint density at radius 3 is 2.11 bits per heavy atom. The number of carbonyl (C=O) groups is 4. The molecule has 0 aliphatic rings. The van der Waals surface area contributed by atoms with Crippen LogP contribution < -0.4 is 26.0 Å². The predicted molar refractivity (Wildman–Crippen MR) is 169 cm³/mol. The number of carbonyl (C=O) groups excluding carboxylic acids is 4. The van der Waals surface area contributed by atoms with Crippen molar-refractivity contribution in [3.05, 3.63) is 119 Å². The highest BCUT2D eigenvalue weighted by Gasteiger charge is 2.20. The minimum atomic E-state index is -0.627. The lowest BCUT2D eigenvalue weighted by Gasteiger charge is -2.19. The van der Waals surface area contributed by atoms with Crippen LogP contribution in [0.4, 0.5) is 21.9 Å². The van der Waals surface area contributed by atoms with Gasteiger partial charge in [-0.2, -0.15) is 0 Å². The van der Waals surface area contributed by atoms with Gasteiger partial charge in [0.25, 0.3) is 5.91 Å². The third-order valence-electron chi connectivity index (χ3n) is 6.81. The zero-order valence-electron chi connectivity index (χ0n) is 24.7. The first-order chi connectivity index (χ1) is 21.2. The van der Waals surface area contributed by atoms with Gasteiger partial charge in [0.05, 0.1) is 38.8 Å². The first-order valence-corrected chi connectivity index (χ1v) is 13.9. The van der Waals surface area contributed by atoms with Gasteiger partial charge in [0.1, 0.15) is 5.75 Å². The van der Waals surface area contributed by atoms with Crippen LogP contribution in [0.15, 0.2) is 97.1 Å². The van der Waals surface area contributed by atoms with Gasteiger partial charge in [-0.05, 0) is 66.1 Å². The molecule has 226 valence electrons. The molecule has 0 fully saturated rings. The Hall–Kier alpha value is -5.64. The number of anilines is 3. The predicted octanol–water partition coefficient (Wildman–Crippen LogP) is 5.86. The summed E-state index contributed by atoms with van der Waals surface area (Å²) in [5.74, 6) is -0.639. The second-order valence-corrected chi connectivity index (χ2v) is 9.95. The standard InChI is InChI=1S/C34H34N4O6/c1-22-9-7-8-12-27(22)37-34(42)38-28-18-13-23(19-30(28)43-2)20-31(39)35-26-16-14-24(15-17-26)29(21-32(40)44-3)36-33(41)25-10-5-4-6-11-25/h4-19,29H,20-21H2,1-3H3,(H,35,39)(H,36,41)(H2,37,38,42)/t29-/m1/s1. The zero-order chi connectivity index (χ0) is 31.5. The Balaban J connectivity index is 1.37. The molecule has 4 aromatic carbocycles. The molecule has 0 unspecified atom stereocenters. The molecule has 10 heteroatoms. The molecule has 0 radical (unpaired) electrons. The van der Waals surface area contributed by atoms with E-state index in [0.29, 0.717) is 39.5 Å². The SMILES string of the molecule is COC(=O)C[C@@H](NC(=O)c1ccccc1)c1ccc(NC(=O)Cc2ccc(NC(=O)Nc3ccccc3C)c(OC)c2)cc1. The summed E-state index contributed by atoms with van der Waals surface area (Å²) in [6.07, 6.45) is 0.00686. The van der Waals surface area contributed by atoms with Crippen LogP contribution in [0.3, 0.4) is 0 Å². The van der Waals surface area contributed by atoms with E-state index in [4.69, 9.17) is 9.47 Å². The van der Waals surface area contributed by atoms with Gasteiger partial charge in [0.2, 0.25) is 5.91 Å². The molecule has 0 aliphatic heterocycles. The maximum absolute atomic E-state index is 12.8. The summed E-state index contributed by atoms with van der Waals surface area (Å²) in [6, 6.07) is 27.1. The lowest BCUT2D eigenvalue weighted by Crippen LogP contribution is -2.30. The Kier molecular flexibility index (Phi) is 10.7. The van der Waals surface area contributed by atoms with Crippen molar-refractivity contribution in [2.75, 3.05) is 30.2 Å². The van der Waals surface area contributed by atoms with Gasteiger partial charge in [-0.15, -0.1) is 0 Å². The average molecular weight is 595 g/mol. The van der Waals surface area contributed by atoms with E-state index in [1.165, 1.54) is 14.2 Å². The van der Waals surface area contributed by atoms with Crippen LogP contribution in [-0.4, -0.2) is 38.0 Å². The molecular formula is C34H34N4O6. The van der Waals surface area contributed by atoms with Crippen molar-refractivity contribution < 1.29 is 28.7 Å². The molecule has 4 amide bonds. The van der Waals surface area contributed by atoms with Gasteiger partial charge in [-0.3, -0.25) is 14.4 Å². The van der Waals surface area contributed by atoms with Gasteiger partial charge in [-0.25, -0.2) is 4.79 Å². The first kappa shape index (κ1) is 31.3. The van der Waals surface area contributed by atoms with E-state index in [2.05, 4.69) is 21.3 Å². The van der Waals surface area contributed by atoms with Crippen molar-refractivity contribution in [1.29, 1.82) is 0 Å². The highest BCUT2D eigenvalue weighted by molar-refractivity contribution is 6.01. The van der Waals surface area contributed by atoms with E-state index < -0.39 is 18.0 Å². The fourth-order valence-electron chi connectivity index (χ4n) is 4.46. The Morgan fingerprint density at radius 1 is 0.750 bits per heavy atom. The quantitative estimate of drug-likeness (QED) is 0.161.